The molecule has 1 N–H and O–H groups in total. The number of rotatable bonds is 7. The van der Waals surface area contributed by atoms with Crippen LogP contribution in [0.2, 0.25) is 0 Å². The number of methoxy groups -OCH3 is 1. The van der Waals surface area contributed by atoms with Gasteiger partial charge in [-0.1, -0.05) is 44.2 Å². The molecule has 0 fully saturated rings. The molecule has 0 aromatic heterocycles. The lowest BCUT2D eigenvalue weighted by Gasteiger charge is -2.21. The minimum absolute atomic E-state index is 0.0965. The Balaban J connectivity index is 2.03. The van der Waals surface area contributed by atoms with Crippen LogP contribution in [-0.2, 0) is 16.1 Å². The van der Waals surface area contributed by atoms with Crippen molar-refractivity contribution in [3.63, 3.8) is 0 Å². The summed E-state index contributed by atoms with van der Waals surface area (Å²) in [6, 6.07) is 13.9. The van der Waals surface area contributed by atoms with Gasteiger partial charge < -0.3 is 14.8 Å². The third kappa shape index (κ3) is 5.09. The highest BCUT2D eigenvalue weighted by Crippen LogP contribution is 2.15. The molecule has 138 valence electrons. The van der Waals surface area contributed by atoms with Gasteiger partial charge in [-0.25, -0.2) is 4.79 Å². The smallest absolute Gasteiger partial charge is 0.329 e. The number of nitrogens with one attached hydrogen (secondary N) is 1. The van der Waals surface area contributed by atoms with Gasteiger partial charge in [0, 0.05) is 5.56 Å². The molecule has 0 heterocycles. The average Bonchev–Trinajstić information content (AvgIpc) is 2.64. The summed E-state index contributed by atoms with van der Waals surface area (Å²) in [5, 5.41) is 2.79. The van der Waals surface area contributed by atoms with Crippen molar-refractivity contribution in [2.45, 2.75) is 33.4 Å². The zero-order valence-corrected chi connectivity index (χ0v) is 15.6. The van der Waals surface area contributed by atoms with Crippen LogP contribution in [0.3, 0.4) is 0 Å². The van der Waals surface area contributed by atoms with Gasteiger partial charge in [-0.05, 0) is 42.2 Å². The highest BCUT2D eigenvalue weighted by Gasteiger charge is 2.26. The van der Waals surface area contributed by atoms with Crippen LogP contribution in [0.15, 0.2) is 48.5 Å². The maximum atomic E-state index is 12.5. The van der Waals surface area contributed by atoms with Gasteiger partial charge in [-0.3, -0.25) is 4.79 Å². The normalized spacial score (nSPS) is 11.7. The summed E-state index contributed by atoms with van der Waals surface area (Å²) >= 11 is 0. The number of aryl methyl sites for hydroxylation is 1. The Morgan fingerprint density at radius 3 is 2.46 bits per heavy atom. The van der Waals surface area contributed by atoms with E-state index >= 15 is 0 Å². The lowest BCUT2D eigenvalue weighted by atomic mass is 10.0. The molecule has 0 aliphatic heterocycles. The monoisotopic (exact) mass is 355 g/mol. The van der Waals surface area contributed by atoms with Crippen LogP contribution in [0.1, 0.15) is 35.3 Å². The van der Waals surface area contributed by atoms with Gasteiger partial charge in [0.2, 0.25) is 0 Å². The maximum Gasteiger partial charge on any atom is 0.329 e. The van der Waals surface area contributed by atoms with E-state index in [0.29, 0.717) is 11.3 Å². The zero-order valence-electron chi connectivity index (χ0n) is 15.6. The fourth-order valence-electron chi connectivity index (χ4n) is 2.55. The van der Waals surface area contributed by atoms with E-state index < -0.39 is 12.0 Å². The molecule has 26 heavy (non-hydrogen) atoms. The zero-order chi connectivity index (χ0) is 19.1. The van der Waals surface area contributed by atoms with E-state index in [-0.39, 0.29) is 18.4 Å². The largest absolute Gasteiger partial charge is 0.497 e. The summed E-state index contributed by atoms with van der Waals surface area (Å²) in [5.74, 6) is -0.127. The maximum absolute atomic E-state index is 12.5. The standard InChI is InChI=1S/C21H25NO4/c1-14(2)19(22-20(23)18-11-6-5-8-15(18)3)21(24)26-13-16-9-7-10-17(12-16)25-4/h5-12,14,19H,13H2,1-4H3,(H,22,23). The average molecular weight is 355 g/mol. The summed E-state index contributed by atoms with van der Waals surface area (Å²) in [6.45, 7) is 5.73. The summed E-state index contributed by atoms with van der Waals surface area (Å²) in [5.41, 5.74) is 2.24. The lowest BCUT2D eigenvalue weighted by molar-refractivity contribution is -0.148. The predicted octanol–water partition coefficient (Wildman–Crippen LogP) is 3.50. The minimum Gasteiger partial charge on any atom is -0.497 e. The van der Waals surface area contributed by atoms with Crippen molar-refractivity contribution in [2.75, 3.05) is 7.11 Å². The van der Waals surface area contributed by atoms with Gasteiger partial charge in [0.05, 0.1) is 7.11 Å². The van der Waals surface area contributed by atoms with Crippen LogP contribution in [0.25, 0.3) is 0 Å². The fourth-order valence-corrected chi connectivity index (χ4v) is 2.55. The van der Waals surface area contributed by atoms with Crippen LogP contribution in [-0.4, -0.2) is 25.0 Å². The van der Waals surface area contributed by atoms with Crippen LogP contribution in [0.5, 0.6) is 5.75 Å². The number of hydrogen-bond acceptors (Lipinski definition) is 4. The molecular weight excluding hydrogens is 330 g/mol. The molecular formula is C21H25NO4. The number of carbonyl (C=O) groups excluding carboxylic acids is 2. The molecule has 0 bridgehead atoms. The van der Waals surface area contributed by atoms with Gasteiger partial charge >= 0.3 is 5.97 Å². The van der Waals surface area contributed by atoms with E-state index in [1.165, 1.54) is 0 Å². The molecule has 2 aromatic rings. The molecule has 2 aromatic carbocycles. The van der Waals surface area contributed by atoms with E-state index in [2.05, 4.69) is 5.32 Å². The molecule has 0 saturated heterocycles. The van der Waals surface area contributed by atoms with Crippen LogP contribution >= 0.6 is 0 Å². The first-order chi connectivity index (χ1) is 12.4. The van der Waals surface area contributed by atoms with Gasteiger partial charge in [-0.15, -0.1) is 0 Å². The molecule has 1 unspecified atom stereocenters. The Morgan fingerprint density at radius 2 is 1.81 bits per heavy atom. The Bertz CT molecular complexity index is 770. The first-order valence-electron chi connectivity index (χ1n) is 8.58. The molecule has 5 heteroatoms. The van der Waals surface area contributed by atoms with Gasteiger partial charge in [0.1, 0.15) is 18.4 Å². The number of benzene rings is 2. The van der Waals surface area contributed by atoms with Gasteiger partial charge in [-0.2, -0.15) is 0 Å². The van der Waals surface area contributed by atoms with Crippen molar-refractivity contribution in [2.24, 2.45) is 5.92 Å². The Kier molecular flexibility index (Phi) is 6.78. The second-order valence-corrected chi connectivity index (χ2v) is 6.47. The molecule has 0 spiro atoms. The minimum atomic E-state index is -0.715. The highest BCUT2D eigenvalue weighted by atomic mass is 16.5. The molecule has 0 aliphatic rings. The number of carbonyl (C=O) groups is 2. The Morgan fingerprint density at radius 1 is 1.08 bits per heavy atom. The Hall–Kier alpha value is -2.82. The van der Waals surface area contributed by atoms with Gasteiger partial charge in [0.25, 0.3) is 5.91 Å². The van der Waals surface area contributed by atoms with E-state index in [1.807, 2.05) is 57.2 Å². The van der Waals surface area contributed by atoms with Crippen LogP contribution < -0.4 is 10.1 Å². The van der Waals surface area contributed by atoms with Crippen molar-refractivity contribution >= 4 is 11.9 Å². The molecule has 1 atom stereocenters. The quantitative estimate of drug-likeness (QED) is 0.772. The van der Waals surface area contributed by atoms with Crippen LogP contribution in [0, 0.1) is 12.8 Å². The second-order valence-electron chi connectivity index (χ2n) is 6.47. The van der Waals surface area contributed by atoms with E-state index in [9.17, 15) is 9.59 Å². The van der Waals surface area contributed by atoms with Crippen molar-refractivity contribution < 1.29 is 19.1 Å². The number of amides is 1. The second kappa shape index (κ2) is 9.04. The fraction of sp³-hybridized carbons (Fsp3) is 0.333. The molecule has 0 aliphatic carbocycles. The third-order valence-electron chi connectivity index (χ3n) is 4.11. The highest BCUT2D eigenvalue weighted by molar-refractivity contribution is 5.98. The summed E-state index contributed by atoms with van der Waals surface area (Å²) < 4.78 is 10.6. The molecule has 2 rings (SSSR count). The number of esters is 1. The van der Waals surface area contributed by atoms with Gasteiger partial charge in [0.15, 0.2) is 0 Å². The first kappa shape index (κ1) is 19.5. The number of ether oxygens (including phenoxy) is 2. The van der Waals surface area contributed by atoms with E-state index in [0.717, 1.165) is 11.1 Å². The van der Waals surface area contributed by atoms with E-state index in [1.54, 1.807) is 19.2 Å². The third-order valence-corrected chi connectivity index (χ3v) is 4.11. The summed E-state index contributed by atoms with van der Waals surface area (Å²) in [6.07, 6.45) is 0. The molecule has 0 saturated carbocycles. The SMILES string of the molecule is COc1cccc(COC(=O)C(NC(=O)c2ccccc2C)C(C)C)c1. The van der Waals surface area contributed by atoms with Crippen molar-refractivity contribution in [3.8, 4) is 5.75 Å². The molecule has 0 radical (unpaired) electrons. The van der Waals surface area contributed by atoms with Crippen LogP contribution in [0.4, 0.5) is 0 Å². The molecule has 5 nitrogen and oxygen atoms in total. The first-order valence-corrected chi connectivity index (χ1v) is 8.58. The predicted molar refractivity (Wildman–Crippen MR) is 100 cm³/mol. The van der Waals surface area contributed by atoms with E-state index in [4.69, 9.17) is 9.47 Å². The summed E-state index contributed by atoms with van der Waals surface area (Å²) in [7, 11) is 1.58. The summed E-state index contributed by atoms with van der Waals surface area (Å²) in [4.78, 5) is 25.0. The van der Waals surface area contributed by atoms with Crippen molar-refractivity contribution in [1.29, 1.82) is 0 Å². The molecule has 1 amide bonds. The Labute approximate surface area is 154 Å². The van der Waals surface area contributed by atoms with Crippen molar-refractivity contribution in [1.82, 2.24) is 5.32 Å². The lowest BCUT2D eigenvalue weighted by Crippen LogP contribution is -2.45. The topological polar surface area (TPSA) is 64.6 Å². The number of hydrogen-bond donors (Lipinski definition) is 1. The van der Waals surface area contributed by atoms with Crippen molar-refractivity contribution in [3.05, 3.63) is 65.2 Å².